The van der Waals surface area contributed by atoms with Crippen LogP contribution in [0.25, 0.3) is 10.9 Å². The third kappa shape index (κ3) is 3.03. The van der Waals surface area contributed by atoms with Gasteiger partial charge in [-0.2, -0.15) is 0 Å². The first kappa shape index (κ1) is 15.1. The van der Waals surface area contributed by atoms with Gasteiger partial charge in [-0.25, -0.2) is 0 Å². The second-order valence-electron chi connectivity index (χ2n) is 6.92. The number of amides is 1. The van der Waals surface area contributed by atoms with E-state index in [1.54, 1.807) is 0 Å². The molecule has 1 fully saturated rings. The Morgan fingerprint density at radius 3 is 2.64 bits per heavy atom. The van der Waals surface area contributed by atoms with Gasteiger partial charge in [0.2, 0.25) is 0 Å². The molecular weight excluding hydrogens is 272 g/mol. The van der Waals surface area contributed by atoms with Crippen LogP contribution < -0.4 is 0 Å². The van der Waals surface area contributed by atoms with Crippen LogP contribution in [0.1, 0.15) is 53.7 Å². The van der Waals surface area contributed by atoms with E-state index in [0.717, 1.165) is 17.4 Å². The van der Waals surface area contributed by atoms with Crippen LogP contribution in [-0.4, -0.2) is 29.4 Å². The van der Waals surface area contributed by atoms with E-state index in [0.29, 0.717) is 11.6 Å². The maximum atomic E-state index is 12.7. The third-order valence-corrected chi connectivity index (χ3v) is 4.92. The summed E-state index contributed by atoms with van der Waals surface area (Å²) < 4.78 is 0. The molecule has 0 unspecified atom stereocenters. The molecule has 1 N–H and O–H groups in total. The van der Waals surface area contributed by atoms with Crippen molar-refractivity contribution in [1.82, 2.24) is 9.88 Å². The number of aromatic amines is 1. The Morgan fingerprint density at radius 2 is 1.91 bits per heavy atom. The molecule has 0 radical (unpaired) electrons. The summed E-state index contributed by atoms with van der Waals surface area (Å²) in [5.74, 6) is 0.787. The number of benzene rings is 1. The zero-order chi connectivity index (χ0) is 15.7. The molecule has 0 spiro atoms. The van der Waals surface area contributed by atoms with Crippen molar-refractivity contribution in [1.29, 1.82) is 0 Å². The summed E-state index contributed by atoms with van der Waals surface area (Å²) in [6, 6.07) is 6.28. The molecule has 1 heterocycles. The van der Waals surface area contributed by atoms with Gasteiger partial charge < -0.3 is 9.88 Å². The van der Waals surface area contributed by atoms with Crippen molar-refractivity contribution >= 4 is 16.8 Å². The van der Waals surface area contributed by atoms with E-state index < -0.39 is 0 Å². The fourth-order valence-corrected chi connectivity index (χ4v) is 3.76. The van der Waals surface area contributed by atoms with Gasteiger partial charge >= 0.3 is 0 Å². The van der Waals surface area contributed by atoms with Crippen LogP contribution in [0, 0.1) is 19.8 Å². The van der Waals surface area contributed by atoms with Crippen molar-refractivity contribution in [3.63, 3.8) is 0 Å². The first-order chi connectivity index (χ1) is 10.5. The second-order valence-corrected chi connectivity index (χ2v) is 6.92. The number of nitrogens with zero attached hydrogens (tertiary/aromatic N) is 1. The minimum atomic E-state index is 0.110. The van der Waals surface area contributed by atoms with Gasteiger partial charge in [-0.05, 0) is 55.9 Å². The minimum absolute atomic E-state index is 0.110. The first-order valence-corrected chi connectivity index (χ1v) is 8.40. The molecule has 0 aliphatic heterocycles. The molecule has 1 aromatic carbocycles. The average Bonchev–Trinajstić information content (AvgIpc) is 2.91. The number of hydrogen-bond donors (Lipinski definition) is 1. The molecule has 1 saturated carbocycles. The van der Waals surface area contributed by atoms with Crippen molar-refractivity contribution < 1.29 is 4.79 Å². The third-order valence-electron chi connectivity index (χ3n) is 4.92. The predicted molar refractivity (Wildman–Crippen MR) is 91.3 cm³/mol. The smallest absolute Gasteiger partial charge is 0.270 e. The highest BCUT2D eigenvalue weighted by Crippen LogP contribution is 2.25. The molecule has 1 aromatic heterocycles. The van der Waals surface area contributed by atoms with Crippen LogP contribution >= 0.6 is 0 Å². The lowest BCUT2D eigenvalue weighted by Gasteiger charge is -2.26. The Morgan fingerprint density at radius 1 is 1.18 bits per heavy atom. The van der Waals surface area contributed by atoms with Gasteiger partial charge in [0, 0.05) is 24.5 Å². The lowest BCUT2D eigenvalue weighted by atomic mass is 9.89. The summed E-state index contributed by atoms with van der Waals surface area (Å²) in [5.41, 5.74) is 4.22. The van der Waals surface area contributed by atoms with Gasteiger partial charge in [-0.1, -0.05) is 25.3 Å². The second kappa shape index (κ2) is 6.15. The average molecular weight is 298 g/mol. The summed E-state index contributed by atoms with van der Waals surface area (Å²) in [7, 11) is 1.93. The molecule has 1 aliphatic rings. The van der Waals surface area contributed by atoms with Crippen LogP contribution in [-0.2, 0) is 0 Å². The van der Waals surface area contributed by atoms with Crippen molar-refractivity contribution in [2.75, 3.05) is 13.6 Å². The van der Waals surface area contributed by atoms with Gasteiger partial charge in [0.15, 0.2) is 0 Å². The molecule has 1 aliphatic carbocycles. The fraction of sp³-hybridized carbons (Fsp3) is 0.526. The summed E-state index contributed by atoms with van der Waals surface area (Å²) >= 11 is 0. The highest BCUT2D eigenvalue weighted by Gasteiger charge is 2.20. The molecule has 1 amide bonds. The number of H-pyrrole nitrogens is 1. The molecule has 2 aromatic rings. The Labute approximate surface area is 132 Å². The molecular formula is C19H26N2O. The number of fused-ring (bicyclic) bond motifs is 1. The lowest BCUT2D eigenvalue weighted by Crippen LogP contribution is -2.32. The summed E-state index contributed by atoms with van der Waals surface area (Å²) in [5, 5.41) is 1.15. The van der Waals surface area contributed by atoms with Crippen LogP contribution in [0.5, 0.6) is 0 Å². The zero-order valence-electron chi connectivity index (χ0n) is 13.9. The topological polar surface area (TPSA) is 36.1 Å². The molecule has 0 atom stereocenters. The highest BCUT2D eigenvalue weighted by molar-refractivity contribution is 5.98. The monoisotopic (exact) mass is 298 g/mol. The highest BCUT2D eigenvalue weighted by atomic mass is 16.2. The van der Waals surface area contributed by atoms with Gasteiger partial charge in [0.05, 0.1) is 0 Å². The zero-order valence-corrected chi connectivity index (χ0v) is 13.9. The van der Waals surface area contributed by atoms with E-state index in [1.807, 2.05) is 18.0 Å². The standard InChI is InChI=1S/C19H26N2O/c1-13-9-14(2)16-11-18(20-17(16)10-13)19(22)21(3)12-15-7-5-4-6-8-15/h9-11,15,20H,4-8,12H2,1-3H3. The van der Waals surface area contributed by atoms with Crippen molar-refractivity contribution in [2.24, 2.45) is 5.92 Å². The van der Waals surface area contributed by atoms with Crippen molar-refractivity contribution in [2.45, 2.75) is 46.0 Å². The predicted octanol–water partition coefficient (Wildman–Crippen LogP) is 4.44. The SMILES string of the molecule is Cc1cc(C)c2cc(C(=O)N(C)CC3CCCCC3)[nH]c2c1. The van der Waals surface area contributed by atoms with Gasteiger partial charge in [0.25, 0.3) is 5.91 Å². The number of aryl methyl sites for hydroxylation is 2. The molecule has 3 nitrogen and oxygen atoms in total. The minimum Gasteiger partial charge on any atom is -0.351 e. The van der Waals surface area contributed by atoms with E-state index in [2.05, 4.69) is 31.0 Å². The summed E-state index contributed by atoms with van der Waals surface area (Å²) in [6.45, 7) is 5.07. The molecule has 0 saturated heterocycles. The van der Waals surface area contributed by atoms with Crippen LogP contribution in [0.3, 0.4) is 0 Å². The van der Waals surface area contributed by atoms with Crippen LogP contribution in [0.2, 0.25) is 0 Å². The quantitative estimate of drug-likeness (QED) is 0.893. The number of hydrogen-bond acceptors (Lipinski definition) is 1. The largest absolute Gasteiger partial charge is 0.351 e. The number of carbonyl (C=O) groups is 1. The molecule has 3 heteroatoms. The van der Waals surface area contributed by atoms with E-state index in [4.69, 9.17) is 0 Å². The fourth-order valence-electron chi connectivity index (χ4n) is 3.76. The van der Waals surface area contributed by atoms with Gasteiger partial charge in [-0.15, -0.1) is 0 Å². The Balaban J connectivity index is 1.77. The number of nitrogens with one attached hydrogen (secondary N) is 1. The maximum absolute atomic E-state index is 12.7. The molecule has 118 valence electrons. The van der Waals surface area contributed by atoms with E-state index in [9.17, 15) is 4.79 Å². The number of carbonyl (C=O) groups excluding carboxylic acids is 1. The molecule has 22 heavy (non-hydrogen) atoms. The Bertz CT molecular complexity index is 680. The van der Waals surface area contributed by atoms with Crippen molar-refractivity contribution in [3.8, 4) is 0 Å². The number of rotatable bonds is 3. The summed E-state index contributed by atoms with van der Waals surface area (Å²) in [6.07, 6.45) is 6.52. The number of aromatic nitrogens is 1. The Hall–Kier alpha value is -1.77. The van der Waals surface area contributed by atoms with Crippen molar-refractivity contribution in [3.05, 3.63) is 35.0 Å². The maximum Gasteiger partial charge on any atom is 0.270 e. The summed E-state index contributed by atoms with van der Waals surface area (Å²) in [4.78, 5) is 17.9. The van der Waals surface area contributed by atoms with E-state index >= 15 is 0 Å². The molecule has 3 rings (SSSR count). The first-order valence-electron chi connectivity index (χ1n) is 8.40. The van der Waals surface area contributed by atoms with Gasteiger partial charge in [-0.3, -0.25) is 4.79 Å². The Kier molecular flexibility index (Phi) is 4.23. The van der Waals surface area contributed by atoms with Crippen LogP contribution in [0.15, 0.2) is 18.2 Å². The van der Waals surface area contributed by atoms with E-state index in [1.165, 1.54) is 43.2 Å². The normalized spacial score (nSPS) is 16.1. The van der Waals surface area contributed by atoms with E-state index in [-0.39, 0.29) is 5.91 Å². The lowest BCUT2D eigenvalue weighted by molar-refractivity contribution is 0.0755. The van der Waals surface area contributed by atoms with Crippen LogP contribution in [0.4, 0.5) is 0 Å². The van der Waals surface area contributed by atoms with Gasteiger partial charge in [0.1, 0.15) is 5.69 Å². The molecule has 0 bridgehead atoms.